The lowest BCUT2D eigenvalue weighted by Gasteiger charge is -2.21. The molecule has 0 radical (unpaired) electrons. The first-order valence-electron chi connectivity index (χ1n) is 17.0. The van der Waals surface area contributed by atoms with Crippen molar-refractivity contribution in [1.82, 2.24) is 4.90 Å². The van der Waals surface area contributed by atoms with E-state index in [1.165, 1.54) is 36.3 Å². The van der Waals surface area contributed by atoms with E-state index in [2.05, 4.69) is 18.8 Å². The van der Waals surface area contributed by atoms with Gasteiger partial charge in [-0.15, -0.1) is 0 Å². The number of nitrogens with one attached hydrogen (secondary N) is 1. The van der Waals surface area contributed by atoms with E-state index in [0.29, 0.717) is 46.3 Å². The first-order chi connectivity index (χ1) is 24.5. The summed E-state index contributed by atoms with van der Waals surface area (Å²) in [6.45, 7) is 9.87. The van der Waals surface area contributed by atoms with Gasteiger partial charge >= 0.3 is 11.9 Å². The van der Waals surface area contributed by atoms with Crippen LogP contribution in [0.15, 0.2) is 108 Å². The molecule has 2 amide bonds. The molecule has 0 aliphatic carbocycles. The molecule has 3 aromatic rings. The van der Waals surface area contributed by atoms with E-state index in [1.54, 1.807) is 79.9 Å². The number of carbonyl (C=O) groups excluding carboxylic acids is 3. The molecule has 0 heterocycles. The van der Waals surface area contributed by atoms with Crippen LogP contribution in [-0.4, -0.2) is 54.0 Å². The van der Waals surface area contributed by atoms with Crippen LogP contribution in [0.3, 0.4) is 0 Å². The van der Waals surface area contributed by atoms with Crippen LogP contribution in [0, 0.1) is 0 Å². The molecule has 0 bridgehead atoms. The first-order valence-corrected chi connectivity index (χ1v) is 17.0. The number of carboxylic acids is 1. The zero-order chi connectivity index (χ0) is 37.2. The van der Waals surface area contributed by atoms with Crippen molar-refractivity contribution in [1.29, 1.82) is 0 Å². The average Bonchev–Trinajstić information content (AvgIpc) is 3.11. The molecular formula is C41H48N2O8. The third-order valence-corrected chi connectivity index (χ3v) is 7.80. The van der Waals surface area contributed by atoms with Crippen molar-refractivity contribution >= 4 is 29.4 Å². The van der Waals surface area contributed by atoms with Gasteiger partial charge in [0.1, 0.15) is 23.8 Å². The number of amides is 2. The maximum atomic E-state index is 13.4. The molecule has 10 heteroatoms. The van der Waals surface area contributed by atoms with Crippen molar-refractivity contribution in [3.05, 3.63) is 125 Å². The predicted octanol–water partition coefficient (Wildman–Crippen LogP) is 8.36. The summed E-state index contributed by atoms with van der Waals surface area (Å²) in [6.07, 6.45) is 9.16. The Morgan fingerprint density at radius 2 is 1.47 bits per heavy atom. The molecule has 0 spiro atoms. The highest BCUT2D eigenvalue weighted by molar-refractivity contribution is 5.97. The van der Waals surface area contributed by atoms with Gasteiger partial charge in [-0.3, -0.25) is 14.4 Å². The quantitative estimate of drug-likeness (QED) is 0.0396. The minimum atomic E-state index is -1.17. The molecule has 10 nitrogen and oxygen atoms in total. The Bertz CT molecular complexity index is 1690. The fourth-order valence-electron chi connectivity index (χ4n) is 5.02. The molecule has 0 aliphatic rings. The summed E-state index contributed by atoms with van der Waals surface area (Å²) in [7, 11) is 1.56. The van der Waals surface area contributed by atoms with Gasteiger partial charge in [0.2, 0.25) is 5.91 Å². The highest BCUT2D eigenvalue weighted by Crippen LogP contribution is 2.20. The van der Waals surface area contributed by atoms with Gasteiger partial charge in [-0.05, 0) is 104 Å². The Hall–Kier alpha value is -5.64. The topological polar surface area (TPSA) is 131 Å². The molecule has 270 valence electrons. The molecule has 3 rings (SSSR count). The van der Waals surface area contributed by atoms with Gasteiger partial charge in [0.25, 0.3) is 5.91 Å². The number of hydrogen-bond donors (Lipinski definition) is 2. The monoisotopic (exact) mass is 696 g/mol. The second-order valence-corrected chi connectivity index (χ2v) is 12.2. The summed E-state index contributed by atoms with van der Waals surface area (Å²) >= 11 is 0. The number of hydrogen-bond acceptors (Lipinski definition) is 7. The van der Waals surface area contributed by atoms with Crippen LogP contribution in [0.1, 0.15) is 85.6 Å². The van der Waals surface area contributed by atoms with Crippen LogP contribution in [0.25, 0.3) is 0 Å². The summed E-state index contributed by atoms with van der Waals surface area (Å²) in [4.78, 5) is 51.6. The smallest absolute Gasteiger partial charge is 0.343 e. The lowest BCUT2D eigenvalue weighted by molar-refractivity contribution is -0.137. The molecule has 0 atom stereocenters. The molecular weight excluding hydrogens is 648 g/mol. The van der Waals surface area contributed by atoms with Crippen molar-refractivity contribution < 1.29 is 38.5 Å². The average molecular weight is 697 g/mol. The van der Waals surface area contributed by atoms with Gasteiger partial charge in [-0.25, -0.2) is 4.79 Å². The van der Waals surface area contributed by atoms with E-state index >= 15 is 0 Å². The summed E-state index contributed by atoms with van der Waals surface area (Å²) in [5.74, 6) is -0.834. The van der Waals surface area contributed by atoms with Crippen LogP contribution >= 0.6 is 0 Å². The Labute approximate surface area is 300 Å². The van der Waals surface area contributed by atoms with Crippen LogP contribution in [0.4, 0.5) is 5.69 Å². The molecule has 0 fully saturated rings. The summed E-state index contributed by atoms with van der Waals surface area (Å²) in [5, 5.41) is 12.3. The molecule has 0 aliphatic heterocycles. The van der Waals surface area contributed by atoms with Crippen LogP contribution in [0.5, 0.6) is 11.5 Å². The number of esters is 1. The van der Waals surface area contributed by atoms with Gasteiger partial charge in [-0.1, -0.05) is 57.4 Å². The number of methoxy groups -OCH3 is 1. The predicted molar refractivity (Wildman–Crippen MR) is 198 cm³/mol. The Morgan fingerprint density at radius 3 is 2.06 bits per heavy atom. The lowest BCUT2D eigenvalue weighted by atomic mass is 10.1. The number of ether oxygens (including phenoxy) is 3. The first kappa shape index (κ1) is 39.8. The van der Waals surface area contributed by atoms with E-state index < -0.39 is 24.4 Å². The number of allylic oxidation sites excluding steroid dienone is 3. The Balaban J connectivity index is 1.57. The van der Waals surface area contributed by atoms with E-state index in [0.717, 1.165) is 18.4 Å². The number of carboxylic acid groups (broad SMARTS) is 1. The Morgan fingerprint density at radius 1 is 0.843 bits per heavy atom. The van der Waals surface area contributed by atoms with Crippen LogP contribution in [-0.2, 0) is 20.9 Å². The van der Waals surface area contributed by atoms with Gasteiger partial charge in [-0.2, -0.15) is 0 Å². The molecule has 3 aromatic carbocycles. The third-order valence-electron chi connectivity index (χ3n) is 7.80. The van der Waals surface area contributed by atoms with E-state index in [-0.39, 0.29) is 24.4 Å². The number of rotatable bonds is 20. The summed E-state index contributed by atoms with van der Waals surface area (Å²) in [5.41, 5.74) is 3.37. The van der Waals surface area contributed by atoms with Gasteiger partial charge < -0.3 is 29.5 Å². The normalized spacial score (nSPS) is 10.9. The van der Waals surface area contributed by atoms with E-state index in [1.807, 2.05) is 13.8 Å². The van der Waals surface area contributed by atoms with E-state index in [9.17, 15) is 24.3 Å². The SMILES string of the molecule is C=CC(=CC(OC)=C(C)C)CC(=O)Nc1ccc(C(=O)N(CC(=O)O)Cc2ccc(OC(=O)c3ccc(OCCCCCCC)cc3)cc2)cc1. The van der Waals surface area contributed by atoms with Crippen molar-refractivity contribution in [3.8, 4) is 11.5 Å². The number of carbonyl (C=O) groups is 4. The van der Waals surface area contributed by atoms with Gasteiger partial charge in [0.05, 0.1) is 25.7 Å². The largest absolute Gasteiger partial charge is 0.497 e. The number of nitrogens with zero attached hydrogens (tertiary/aromatic N) is 1. The number of aliphatic carboxylic acids is 1. The standard InChI is InChI=1S/C41H48N2O8/c1-6-8-9-10-11-24-50-35-22-16-33(17-23-35)41(48)51-36-20-12-31(13-21-36)27-43(28-39(45)46)40(47)32-14-18-34(19-15-32)42-38(44)26-30(7-2)25-37(49-5)29(3)4/h7,12-23,25H,2,6,8-11,24,26-28H2,1,3-5H3,(H,42,44)(H,45,46). The minimum absolute atomic E-state index is 0.00369. The maximum absolute atomic E-state index is 13.4. The number of anilines is 1. The Kier molecular flexibility index (Phi) is 16.2. The van der Waals surface area contributed by atoms with Gasteiger partial charge in [0.15, 0.2) is 0 Å². The minimum Gasteiger partial charge on any atom is -0.497 e. The molecule has 51 heavy (non-hydrogen) atoms. The number of unbranched alkanes of at least 4 members (excludes halogenated alkanes) is 4. The molecule has 2 N–H and O–H groups in total. The highest BCUT2D eigenvalue weighted by atomic mass is 16.5. The number of benzene rings is 3. The second-order valence-electron chi connectivity index (χ2n) is 12.2. The third kappa shape index (κ3) is 13.7. The van der Waals surface area contributed by atoms with Crippen molar-refractivity contribution in [2.24, 2.45) is 0 Å². The second kappa shape index (κ2) is 20.8. The summed E-state index contributed by atoms with van der Waals surface area (Å²) < 4.78 is 16.6. The fraction of sp³-hybridized carbons (Fsp3) is 0.317. The fourth-order valence-corrected chi connectivity index (χ4v) is 5.02. The van der Waals surface area contributed by atoms with Crippen LogP contribution < -0.4 is 14.8 Å². The maximum Gasteiger partial charge on any atom is 0.343 e. The molecule has 0 unspecified atom stereocenters. The van der Waals surface area contributed by atoms with Crippen molar-refractivity contribution in [2.75, 3.05) is 25.6 Å². The van der Waals surface area contributed by atoms with Crippen molar-refractivity contribution in [2.45, 2.75) is 65.8 Å². The highest BCUT2D eigenvalue weighted by Gasteiger charge is 2.20. The molecule has 0 saturated heterocycles. The van der Waals surface area contributed by atoms with E-state index in [4.69, 9.17) is 14.2 Å². The summed E-state index contributed by atoms with van der Waals surface area (Å²) in [6, 6.07) is 19.5. The lowest BCUT2D eigenvalue weighted by Crippen LogP contribution is -2.35. The van der Waals surface area contributed by atoms with Gasteiger partial charge in [0, 0.05) is 17.8 Å². The molecule has 0 saturated carbocycles. The zero-order valence-electron chi connectivity index (χ0n) is 29.9. The van der Waals surface area contributed by atoms with Crippen molar-refractivity contribution in [3.63, 3.8) is 0 Å². The molecule has 0 aromatic heterocycles. The van der Waals surface area contributed by atoms with Crippen LogP contribution in [0.2, 0.25) is 0 Å². The zero-order valence-corrected chi connectivity index (χ0v) is 29.9.